The van der Waals surface area contributed by atoms with E-state index >= 15 is 0 Å². The molecule has 11 nitrogen and oxygen atoms in total. The Morgan fingerprint density at radius 2 is 1.69 bits per heavy atom. The van der Waals surface area contributed by atoms with Gasteiger partial charge in [0.05, 0.1) is 5.39 Å². The topological polar surface area (TPSA) is 172 Å². The number of carboxylic acids is 2. The second kappa shape index (κ2) is 12.7. The van der Waals surface area contributed by atoms with E-state index in [0.29, 0.717) is 36.0 Å². The van der Waals surface area contributed by atoms with E-state index in [1.807, 2.05) is 41.1 Å². The largest absolute Gasteiger partial charge is 0.481 e. The first-order chi connectivity index (χ1) is 20.1. The van der Waals surface area contributed by atoms with E-state index in [2.05, 4.69) is 9.97 Å². The van der Waals surface area contributed by atoms with Gasteiger partial charge in [-0.15, -0.1) is 0 Å². The number of aromatic amines is 1. The molecular weight excluding hydrogens is 538 g/mol. The van der Waals surface area contributed by atoms with Gasteiger partial charge in [0.2, 0.25) is 5.95 Å². The number of rotatable bonds is 13. The van der Waals surface area contributed by atoms with Crippen molar-refractivity contribution in [1.29, 1.82) is 0 Å². The molecule has 0 aliphatic heterocycles. The van der Waals surface area contributed by atoms with Crippen LogP contribution in [0.2, 0.25) is 0 Å². The molecule has 2 aromatic heterocycles. The highest BCUT2D eigenvalue weighted by molar-refractivity contribution is 5.98. The number of nitrogens with zero attached hydrogens (tertiary/aromatic N) is 3. The van der Waals surface area contributed by atoms with Gasteiger partial charge in [-0.2, -0.15) is 4.98 Å². The van der Waals surface area contributed by atoms with E-state index in [4.69, 9.17) is 10.8 Å². The van der Waals surface area contributed by atoms with Gasteiger partial charge in [-0.05, 0) is 61.4 Å². The number of nitrogens with one attached hydrogen (secondary N) is 1. The smallest absolute Gasteiger partial charge is 0.329 e. The maximum Gasteiger partial charge on any atom is 0.329 e. The van der Waals surface area contributed by atoms with Crippen LogP contribution < -0.4 is 11.3 Å². The molecular formula is C31H35N5O6. The van der Waals surface area contributed by atoms with Crippen molar-refractivity contribution in [2.45, 2.75) is 58.0 Å². The van der Waals surface area contributed by atoms with Gasteiger partial charge >= 0.3 is 11.9 Å². The van der Waals surface area contributed by atoms with Crippen molar-refractivity contribution >= 4 is 34.8 Å². The maximum absolute atomic E-state index is 13.4. The monoisotopic (exact) mass is 573 g/mol. The van der Waals surface area contributed by atoms with Crippen LogP contribution in [-0.2, 0) is 29.0 Å². The third kappa shape index (κ3) is 6.19. The number of hydrogen-bond donors (Lipinski definition) is 4. The standard InChI is InChI=1S/C31H35N5O6/c1-3-31(29(41)42,17-16-24(37)38)36(4-2)28(40)22-13-10-20(11-14-22)12-15-23-19-35(18-21-8-6-5-7-9-21)26-25(23)27(39)34-30(32)33-26/h5-11,13-14,19H,3-4,12,15-18H2,1-2H3,(H,37,38)(H,41,42)(H3,32,33,34,39)/t31-/m0/s1. The van der Waals surface area contributed by atoms with Crippen molar-refractivity contribution in [3.63, 3.8) is 0 Å². The average molecular weight is 574 g/mol. The van der Waals surface area contributed by atoms with Crippen LogP contribution in [0.5, 0.6) is 0 Å². The van der Waals surface area contributed by atoms with Crippen molar-refractivity contribution in [2.75, 3.05) is 12.3 Å². The quantitative estimate of drug-likeness (QED) is 0.187. The zero-order valence-corrected chi connectivity index (χ0v) is 23.7. The Morgan fingerprint density at radius 1 is 1.00 bits per heavy atom. The molecule has 11 heteroatoms. The SMILES string of the molecule is CCN(C(=O)c1ccc(CCc2cn(Cc3ccccc3)c3nc(N)[nH]c(=O)c23)cc1)[C@@](CC)(CCC(=O)O)C(=O)O. The van der Waals surface area contributed by atoms with Gasteiger partial charge in [-0.1, -0.05) is 49.4 Å². The summed E-state index contributed by atoms with van der Waals surface area (Å²) < 4.78 is 1.92. The molecule has 0 unspecified atom stereocenters. The summed E-state index contributed by atoms with van der Waals surface area (Å²) in [5, 5.41) is 19.7. The first-order valence-electron chi connectivity index (χ1n) is 13.9. The lowest BCUT2D eigenvalue weighted by atomic mass is 9.87. The molecule has 0 saturated carbocycles. The number of amides is 1. The van der Waals surface area contributed by atoms with Crippen LogP contribution >= 0.6 is 0 Å². The van der Waals surface area contributed by atoms with E-state index < -0.39 is 23.4 Å². The summed E-state index contributed by atoms with van der Waals surface area (Å²) >= 11 is 0. The summed E-state index contributed by atoms with van der Waals surface area (Å²) in [5.41, 5.74) is 7.53. The predicted octanol–water partition coefficient (Wildman–Crippen LogP) is 3.70. The number of nitrogen functional groups attached to an aromatic ring is 1. The van der Waals surface area contributed by atoms with Gasteiger partial charge in [0.15, 0.2) is 0 Å². The number of H-pyrrole nitrogens is 1. The molecule has 2 aromatic carbocycles. The molecule has 0 aliphatic carbocycles. The molecule has 0 aliphatic rings. The lowest BCUT2D eigenvalue weighted by molar-refractivity contribution is -0.151. The molecule has 4 aromatic rings. The minimum atomic E-state index is -1.62. The van der Waals surface area contributed by atoms with Crippen molar-refractivity contribution in [3.05, 3.63) is 93.4 Å². The Hall–Kier alpha value is -4.93. The fourth-order valence-corrected chi connectivity index (χ4v) is 5.46. The van der Waals surface area contributed by atoms with Crippen LogP contribution in [0.15, 0.2) is 65.6 Å². The average Bonchev–Trinajstić information content (AvgIpc) is 3.31. The van der Waals surface area contributed by atoms with Crippen LogP contribution in [0, 0.1) is 0 Å². The summed E-state index contributed by atoms with van der Waals surface area (Å²) in [7, 11) is 0. The number of nitrogens with two attached hydrogens (primary N) is 1. The zero-order valence-electron chi connectivity index (χ0n) is 23.7. The van der Waals surface area contributed by atoms with E-state index in [1.54, 1.807) is 38.1 Å². The van der Waals surface area contributed by atoms with Gasteiger partial charge < -0.3 is 25.4 Å². The Bertz CT molecular complexity index is 1640. The molecule has 0 fully saturated rings. The number of carbonyl (C=O) groups excluding carboxylic acids is 1. The molecule has 0 spiro atoms. The minimum Gasteiger partial charge on any atom is -0.481 e. The predicted molar refractivity (Wildman–Crippen MR) is 158 cm³/mol. The molecule has 42 heavy (non-hydrogen) atoms. The second-order valence-electron chi connectivity index (χ2n) is 10.2. The molecule has 1 amide bonds. The molecule has 0 radical (unpaired) electrons. The number of aliphatic carboxylic acids is 2. The van der Waals surface area contributed by atoms with Crippen LogP contribution in [0.1, 0.15) is 60.2 Å². The van der Waals surface area contributed by atoms with Crippen molar-refractivity contribution in [3.8, 4) is 0 Å². The fourth-order valence-electron chi connectivity index (χ4n) is 5.46. The Kier molecular flexibility index (Phi) is 9.09. The third-order valence-electron chi connectivity index (χ3n) is 7.72. The number of carboxylic acid groups (broad SMARTS) is 2. The number of anilines is 1. The number of likely N-dealkylation sites (N-methyl/N-ethyl adjacent to an activating group) is 1. The van der Waals surface area contributed by atoms with E-state index in [9.17, 15) is 24.3 Å². The van der Waals surface area contributed by atoms with Gasteiger partial charge in [-0.25, -0.2) is 4.79 Å². The highest BCUT2D eigenvalue weighted by Gasteiger charge is 2.44. The summed E-state index contributed by atoms with van der Waals surface area (Å²) in [6, 6.07) is 16.7. The molecule has 1 atom stereocenters. The minimum absolute atomic E-state index is 0.0470. The highest BCUT2D eigenvalue weighted by Crippen LogP contribution is 2.29. The number of benzene rings is 2. The van der Waals surface area contributed by atoms with Gasteiger partial charge in [-0.3, -0.25) is 19.4 Å². The Morgan fingerprint density at radius 3 is 2.29 bits per heavy atom. The van der Waals surface area contributed by atoms with E-state index in [-0.39, 0.29) is 37.3 Å². The summed E-state index contributed by atoms with van der Waals surface area (Å²) in [6.07, 6.45) is 2.55. The zero-order chi connectivity index (χ0) is 30.4. The number of fused-ring (bicyclic) bond motifs is 1. The Balaban J connectivity index is 1.55. The lowest BCUT2D eigenvalue weighted by Crippen LogP contribution is -2.57. The molecule has 0 bridgehead atoms. The van der Waals surface area contributed by atoms with Crippen molar-refractivity contribution in [2.24, 2.45) is 0 Å². The third-order valence-corrected chi connectivity index (χ3v) is 7.72. The molecule has 220 valence electrons. The summed E-state index contributed by atoms with van der Waals surface area (Å²) in [6.45, 7) is 3.96. The van der Waals surface area contributed by atoms with Crippen LogP contribution in [0.4, 0.5) is 5.95 Å². The number of carbonyl (C=O) groups is 3. The first kappa shape index (κ1) is 30.0. The van der Waals surface area contributed by atoms with E-state index in [0.717, 1.165) is 16.7 Å². The highest BCUT2D eigenvalue weighted by atomic mass is 16.4. The normalized spacial score (nSPS) is 12.6. The summed E-state index contributed by atoms with van der Waals surface area (Å²) in [4.78, 5) is 58.0. The van der Waals surface area contributed by atoms with Crippen LogP contribution in [0.3, 0.4) is 0 Å². The van der Waals surface area contributed by atoms with Gasteiger partial charge in [0, 0.05) is 31.3 Å². The second-order valence-corrected chi connectivity index (χ2v) is 10.2. The van der Waals surface area contributed by atoms with Crippen LogP contribution in [-0.4, -0.2) is 59.6 Å². The van der Waals surface area contributed by atoms with Crippen molar-refractivity contribution in [1.82, 2.24) is 19.4 Å². The number of hydrogen-bond acceptors (Lipinski definition) is 6. The van der Waals surface area contributed by atoms with Crippen LogP contribution in [0.25, 0.3) is 11.0 Å². The molecule has 2 heterocycles. The van der Waals surface area contributed by atoms with Crippen molar-refractivity contribution < 1.29 is 24.6 Å². The number of aryl methyl sites for hydroxylation is 2. The Labute approximate surface area is 242 Å². The molecule has 0 saturated heterocycles. The first-order valence-corrected chi connectivity index (χ1v) is 13.9. The lowest BCUT2D eigenvalue weighted by Gasteiger charge is -2.39. The summed E-state index contributed by atoms with van der Waals surface area (Å²) in [5.74, 6) is -2.77. The fraction of sp³-hybridized carbons (Fsp3) is 0.323. The van der Waals surface area contributed by atoms with E-state index in [1.165, 1.54) is 4.90 Å². The molecule has 4 rings (SSSR count). The number of aromatic nitrogens is 3. The molecule has 5 N–H and O–H groups in total. The van der Waals surface area contributed by atoms with Gasteiger partial charge in [0.25, 0.3) is 11.5 Å². The maximum atomic E-state index is 13.4. The van der Waals surface area contributed by atoms with Gasteiger partial charge in [0.1, 0.15) is 11.2 Å².